The molecule has 6 heteroatoms. The van der Waals surface area contributed by atoms with Crippen molar-refractivity contribution in [3.05, 3.63) is 65.2 Å². The second-order valence-electron chi connectivity index (χ2n) is 10.1. The molecule has 0 atom stereocenters. The molecular weight excluding hydrogens is 438 g/mol. The standard InChI is InChI=1S/C29H37N3O3/c1-21(2)27(33)30-24-11-9-10-23(20-24)22-14-18-31(19-15-22)16-7-3-4-8-17-32-28(34)25-12-5-6-13-26(25)29(32)35/h5-6,9-13,20-22H,3-4,7-8,14-19H2,1-2H3,(H,30,33). The van der Waals surface area contributed by atoms with Gasteiger partial charge in [0.05, 0.1) is 11.1 Å². The first-order chi connectivity index (χ1) is 16.9. The van der Waals surface area contributed by atoms with Gasteiger partial charge in [-0.3, -0.25) is 19.3 Å². The summed E-state index contributed by atoms with van der Waals surface area (Å²) in [6.07, 6.45) is 6.42. The first-order valence-corrected chi connectivity index (χ1v) is 13.0. The minimum absolute atomic E-state index is 0.0239. The van der Waals surface area contributed by atoms with Crippen LogP contribution in [0.25, 0.3) is 0 Å². The van der Waals surface area contributed by atoms with E-state index in [0.717, 1.165) is 63.8 Å². The number of hydrogen-bond acceptors (Lipinski definition) is 4. The van der Waals surface area contributed by atoms with Crippen molar-refractivity contribution in [1.82, 2.24) is 9.80 Å². The van der Waals surface area contributed by atoms with Gasteiger partial charge in [-0.05, 0) is 81.1 Å². The monoisotopic (exact) mass is 475 g/mol. The van der Waals surface area contributed by atoms with Gasteiger partial charge in [-0.25, -0.2) is 0 Å². The van der Waals surface area contributed by atoms with Crippen LogP contribution in [0.4, 0.5) is 5.69 Å². The van der Waals surface area contributed by atoms with Crippen LogP contribution in [0.1, 0.15) is 84.6 Å². The highest BCUT2D eigenvalue weighted by molar-refractivity contribution is 6.21. The van der Waals surface area contributed by atoms with Gasteiger partial charge in [-0.15, -0.1) is 0 Å². The van der Waals surface area contributed by atoms with E-state index in [1.807, 2.05) is 26.0 Å². The fraction of sp³-hybridized carbons (Fsp3) is 0.483. The van der Waals surface area contributed by atoms with E-state index >= 15 is 0 Å². The molecule has 35 heavy (non-hydrogen) atoms. The van der Waals surface area contributed by atoms with Gasteiger partial charge in [0.15, 0.2) is 0 Å². The Bertz CT molecular complexity index is 1020. The number of likely N-dealkylation sites (tertiary alicyclic amines) is 1. The Morgan fingerprint density at radius 2 is 1.51 bits per heavy atom. The van der Waals surface area contributed by atoms with E-state index in [2.05, 4.69) is 22.3 Å². The Labute approximate surface area is 208 Å². The highest BCUT2D eigenvalue weighted by Crippen LogP contribution is 2.30. The summed E-state index contributed by atoms with van der Waals surface area (Å²) in [5, 5.41) is 3.01. The number of imide groups is 1. The number of rotatable bonds is 10. The molecule has 0 bridgehead atoms. The molecule has 2 aromatic carbocycles. The Kier molecular flexibility index (Phi) is 8.34. The molecule has 2 aliphatic heterocycles. The van der Waals surface area contributed by atoms with Crippen molar-refractivity contribution in [2.24, 2.45) is 5.92 Å². The number of nitrogens with zero attached hydrogens (tertiary/aromatic N) is 2. The Hall–Kier alpha value is -2.99. The van der Waals surface area contributed by atoms with Crippen molar-refractivity contribution >= 4 is 23.4 Å². The van der Waals surface area contributed by atoms with Crippen molar-refractivity contribution < 1.29 is 14.4 Å². The highest BCUT2D eigenvalue weighted by atomic mass is 16.2. The van der Waals surface area contributed by atoms with Crippen molar-refractivity contribution in [2.45, 2.75) is 58.3 Å². The molecular formula is C29H37N3O3. The minimum Gasteiger partial charge on any atom is -0.326 e. The summed E-state index contributed by atoms with van der Waals surface area (Å²) >= 11 is 0. The van der Waals surface area contributed by atoms with Crippen LogP contribution in [0.5, 0.6) is 0 Å². The molecule has 3 amide bonds. The molecule has 0 spiro atoms. The predicted octanol–water partition coefficient (Wildman–Crippen LogP) is 5.32. The number of nitrogens with one attached hydrogen (secondary N) is 1. The van der Waals surface area contributed by atoms with E-state index in [1.54, 1.807) is 24.3 Å². The first-order valence-electron chi connectivity index (χ1n) is 13.0. The molecule has 0 aromatic heterocycles. The maximum absolute atomic E-state index is 12.4. The van der Waals surface area contributed by atoms with Gasteiger partial charge in [0, 0.05) is 18.2 Å². The number of fused-ring (bicyclic) bond motifs is 1. The smallest absolute Gasteiger partial charge is 0.261 e. The third kappa shape index (κ3) is 6.17. The number of unbranched alkanes of at least 4 members (excludes halogenated alkanes) is 3. The van der Waals surface area contributed by atoms with E-state index in [4.69, 9.17) is 0 Å². The molecule has 186 valence electrons. The van der Waals surface area contributed by atoms with Gasteiger partial charge in [-0.2, -0.15) is 0 Å². The van der Waals surface area contributed by atoms with Crippen LogP contribution in [-0.4, -0.2) is 53.7 Å². The molecule has 1 fully saturated rings. The number of carbonyl (C=O) groups is 3. The lowest BCUT2D eigenvalue weighted by molar-refractivity contribution is -0.118. The zero-order chi connectivity index (χ0) is 24.8. The van der Waals surface area contributed by atoms with E-state index in [0.29, 0.717) is 23.6 Å². The van der Waals surface area contributed by atoms with Gasteiger partial charge in [0.25, 0.3) is 11.8 Å². The maximum atomic E-state index is 12.4. The van der Waals surface area contributed by atoms with Gasteiger partial charge in [-0.1, -0.05) is 51.0 Å². The van der Waals surface area contributed by atoms with E-state index in [9.17, 15) is 14.4 Å². The molecule has 0 radical (unpaired) electrons. The number of hydrogen-bond donors (Lipinski definition) is 1. The largest absolute Gasteiger partial charge is 0.326 e. The molecule has 1 saturated heterocycles. The Morgan fingerprint density at radius 1 is 0.886 bits per heavy atom. The zero-order valence-corrected chi connectivity index (χ0v) is 21.0. The summed E-state index contributed by atoms with van der Waals surface area (Å²) < 4.78 is 0. The number of benzene rings is 2. The highest BCUT2D eigenvalue weighted by Gasteiger charge is 2.34. The van der Waals surface area contributed by atoms with E-state index < -0.39 is 0 Å². The number of amides is 3. The lowest BCUT2D eigenvalue weighted by atomic mass is 9.89. The topological polar surface area (TPSA) is 69.7 Å². The average molecular weight is 476 g/mol. The third-order valence-corrected chi connectivity index (χ3v) is 7.22. The summed E-state index contributed by atoms with van der Waals surface area (Å²) in [6.45, 7) is 7.62. The summed E-state index contributed by atoms with van der Waals surface area (Å²) in [4.78, 5) is 40.8. The number of anilines is 1. The van der Waals surface area contributed by atoms with Crippen LogP contribution in [-0.2, 0) is 4.79 Å². The second-order valence-corrected chi connectivity index (χ2v) is 10.1. The van der Waals surface area contributed by atoms with Crippen LogP contribution in [0.15, 0.2) is 48.5 Å². The molecule has 0 aliphatic carbocycles. The Morgan fingerprint density at radius 3 is 2.14 bits per heavy atom. The molecule has 2 aromatic rings. The fourth-order valence-electron chi connectivity index (χ4n) is 5.05. The molecule has 2 aliphatic rings. The lowest BCUT2D eigenvalue weighted by Gasteiger charge is -2.32. The van der Waals surface area contributed by atoms with Gasteiger partial charge < -0.3 is 10.2 Å². The summed E-state index contributed by atoms with van der Waals surface area (Å²) in [5.41, 5.74) is 3.28. The van der Waals surface area contributed by atoms with Gasteiger partial charge in [0.1, 0.15) is 0 Å². The fourth-order valence-corrected chi connectivity index (χ4v) is 5.05. The normalized spacial score (nSPS) is 16.7. The van der Waals surface area contributed by atoms with Crippen LogP contribution in [0, 0.1) is 5.92 Å². The van der Waals surface area contributed by atoms with Crippen LogP contribution in [0.3, 0.4) is 0 Å². The minimum atomic E-state index is -0.152. The van der Waals surface area contributed by atoms with E-state index in [1.165, 1.54) is 10.5 Å². The van der Waals surface area contributed by atoms with Crippen LogP contribution in [0.2, 0.25) is 0 Å². The van der Waals surface area contributed by atoms with Crippen molar-refractivity contribution in [3.63, 3.8) is 0 Å². The van der Waals surface area contributed by atoms with E-state index in [-0.39, 0.29) is 23.6 Å². The molecule has 4 rings (SSSR count). The molecule has 2 heterocycles. The Balaban J connectivity index is 1.12. The quantitative estimate of drug-likeness (QED) is 0.373. The van der Waals surface area contributed by atoms with Gasteiger partial charge >= 0.3 is 0 Å². The van der Waals surface area contributed by atoms with Crippen molar-refractivity contribution in [2.75, 3.05) is 31.5 Å². The zero-order valence-electron chi connectivity index (χ0n) is 21.0. The van der Waals surface area contributed by atoms with Crippen molar-refractivity contribution in [1.29, 1.82) is 0 Å². The predicted molar refractivity (Wildman–Crippen MR) is 139 cm³/mol. The van der Waals surface area contributed by atoms with Gasteiger partial charge in [0.2, 0.25) is 5.91 Å². The lowest BCUT2D eigenvalue weighted by Crippen LogP contribution is -2.33. The molecule has 6 nitrogen and oxygen atoms in total. The van der Waals surface area contributed by atoms with Crippen LogP contribution < -0.4 is 5.32 Å². The average Bonchev–Trinajstić information content (AvgIpc) is 3.11. The molecule has 0 unspecified atom stereocenters. The summed E-state index contributed by atoms with van der Waals surface area (Å²) in [6, 6.07) is 15.4. The summed E-state index contributed by atoms with van der Waals surface area (Å²) in [7, 11) is 0. The maximum Gasteiger partial charge on any atom is 0.261 e. The molecule has 0 saturated carbocycles. The second kappa shape index (κ2) is 11.6. The van der Waals surface area contributed by atoms with Crippen LogP contribution >= 0.6 is 0 Å². The third-order valence-electron chi connectivity index (χ3n) is 7.22. The molecule has 1 N–H and O–H groups in total. The van der Waals surface area contributed by atoms with Crippen molar-refractivity contribution in [3.8, 4) is 0 Å². The SMILES string of the molecule is CC(C)C(=O)Nc1cccc(C2CCN(CCCCCCN3C(=O)c4ccccc4C3=O)CC2)c1. The summed E-state index contributed by atoms with van der Waals surface area (Å²) in [5.74, 6) is 0.273. The first kappa shape index (κ1) is 25.1. The number of carbonyl (C=O) groups excluding carboxylic acids is 3. The number of piperidine rings is 1.